The number of aliphatic imine (C=N–C) groups is 1. The Labute approximate surface area is 182 Å². The van der Waals surface area contributed by atoms with Gasteiger partial charge in [0.15, 0.2) is 5.96 Å². The molecular weight excluding hydrogens is 402 g/mol. The lowest BCUT2D eigenvalue weighted by Gasteiger charge is -2.14. The van der Waals surface area contributed by atoms with Crippen molar-refractivity contribution < 1.29 is 18.3 Å². The van der Waals surface area contributed by atoms with E-state index < -0.39 is 6.61 Å². The summed E-state index contributed by atoms with van der Waals surface area (Å²) in [6, 6.07) is 14.0. The maximum Gasteiger partial charge on any atom is 0.387 e. The number of nitrogens with one attached hydrogen (secondary N) is 3. The molecule has 2 aromatic carbocycles. The lowest BCUT2D eigenvalue weighted by Crippen LogP contribution is -2.36. The Morgan fingerprint density at radius 1 is 1.10 bits per heavy atom. The van der Waals surface area contributed by atoms with Crippen molar-refractivity contribution in [2.24, 2.45) is 4.99 Å². The van der Waals surface area contributed by atoms with Crippen molar-refractivity contribution >= 4 is 11.9 Å². The van der Waals surface area contributed by atoms with Gasteiger partial charge in [0.25, 0.3) is 5.91 Å². The van der Waals surface area contributed by atoms with Crippen molar-refractivity contribution in [3.63, 3.8) is 0 Å². The molecule has 0 saturated heterocycles. The fourth-order valence-corrected chi connectivity index (χ4v) is 2.77. The first-order valence-corrected chi connectivity index (χ1v) is 10.4. The molecule has 0 aliphatic carbocycles. The normalized spacial score (nSPS) is 12.4. The number of hydrogen-bond acceptors (Lipinski definition) is 3. The lowest BCUT2D eigenvalue weighted by atomic mass is 10.1. The predicted octanol–water partition coefficient (Wildman–Crippen LogP) is 4.07. The molecule has 0 aliphatic rings. The number of rotatable bonds is 10. The van der Waals surface area contributed by atoms with Crippen molar-refractivity contribution in [1.82, 2.24) is 16.0 Å². The summed E-state index contributed by atoms with van der Waals surface area (Å²) < 4.78 is 29.8. The summed E-state index contributed by atoms with van der Waals surface area (Å²) in [4.78, 5) is 16.9. The van der Waals surface area contributed by atoms with Gasteiger partial charge in [0.05, 0.1) is 6.54 Å². The number of guanidine groups is 1. The van der Waals surface area contributed by atoms with Gasteiger partial charge in [0.1, 0.15) is 5.75 Å². The van der Waals surface area contributed by atoms with E-state index >= 15 is 0 Å². The molecule has 2 rings (SSSR count). The molecule has 0 bridgehead atoms. The molecule has 6 nitrogen and oxygen atoms in total. The van der Waals surface area contributed by atoms with E-state index in [1.807, 2.05) is 39.0 Å². The molecule has 8 heteroatoms. The highest BCUT2D eigenvalue weighted by Gasteiger charge is 2.11. The second-order valence-corrected chi connectivity index (χ2v) is 7.02. The molecule has 1 atom stereocenters. The molecule has 0 radical (unpaired) electrons. The number of carbonyl (C=O) groups excluding carboxylic acids is 1. The van der Waals surface area contributed by atoms with Gasteiger partial charge < -0.3 is 20.7 Å². The van der Waals surface area contributed by atoms with Gasteiger partial charge in [-0.15, -0.1) is 0 Å². The van der Waals surface area contributed by atoms with Crippen molar-refractivity contribution in [3.05, 3.63) is 65.2 Å². The molecular formula is C23H30F2N4O2. The molecule has 168 valence electrons. The van der Waals surface area contributed by atoms with Crippen LogP contribution in [0.1, 0.15) is 48.7 Å². The van der Waals surface area contributed by atoms with Crippen molar-refractivity contribution in [2.45, 2.75) is 52.9 Å². The zero-order chi connectivity index (χ0) is 22.6. The Morgan fingerprint density at radius 2 is 1.87 bits per heavy atom. The fourth-order valence-electron chi connectivity index (χ4n) is 2.77. The molecule has 2 aromatic rings. The van der Waals surface area contributed by atoms with E-state index in [0.717, 1.165) is 12.0 Å². The zero-order valence-corrected chi connectivity index (χ0v) is 18.1. The third kappa shape index (κ3) is 8.24. The van der Waals surface area contributed by atoms with Crippen LogP contribution in [0.2, 0.25) is 0 Å². The quantitative estimate of drug-likeness (QED) is 0.391. The van der Waals surface area contributed by atoms with Crippen molar-refractivity contribution in [3.8, 4) is 5.75 Å². The SMILES string of the molecule is CCNC(=NCc1cccc(C(=O)NC(C)CC)c1)NCc1ccccc1OC(F)F. The minimum atomic E-state index is -2.88. The van der Waals surface area contributed by atoms with Gasteiger partial charge in [0.2, 0.25) is 0 Å². The molecule has 0 heterocycles. The fraction of sp³-hybridized carbons (Fsp3) is 0.391. The number of hydrogen-bond donors (Lipinski definition) is 3. The van der Waals surface area contributed by atoms with Crippen LogP contribution in [0.25, 0.3) is 0 Å². The third-order valence-electron chi connectivity index (χ3n) is 4.58. The predicted molar refractivity (Wildman–Crippen MR) is 118 cm³/mol. The Bertz CT molecular complexity index is 874. The van der Waals surface area contributed by atoms with Gasteiger partial charge in [-0.1, -0.05) is 37.3 Å². The highest BCUT2D eigenvalue weighted by molar-refractivity contribution is 5.94. The molecule has 0 saturated carbocycles. The number of benzene rings is 2. The Kier molecular flexibility index (Phi) is 9.74. The highest BCUT2D eigenvalue weighted by atomic mass is 19.3. The first kappa shape index (κ1) is 24.1. The summed E-state index contributed by atoms with van der Waals surface area (Å²) in [5, 5.41) is 9.20. The molecule has 1 unspecified atom stereocenters. The van der Waals surface area contributed by atoms with Crippen molar-refractivity contribution in [1.29, 1.82) is 0 Å². The highest BCUT2D eigenvalue weighted by Crippen LogP contribution is 2.19. The standard InChI is InChI=1S/C23H30F2N4O2/c1-4-16(3)29-21(30)18-11-8-9-17(13-18)14-27-23(26-5-2)28-15-19-10-6-7-12-20(19)31-22(24)25/h6-13,16,22H,4-5,14-15H2,1-3H3,(H,29,30)(H2,26,27,28). The summed E-state index contributed by atoms with van der Waals surface area (Å²) in [5.74, 6) is 0.547. The van der Waals surface area contributed by atoms with Gasteiger partial charge in [-0.25, -0.2) is 4.99 Å². The number of alkyl halides is 2. The molecule has 0 aliphatic heterocycles. The molecule has 0 fully saturated rings. The Hall–Kier alpha value is -3.16. The first-order valence-electron chi connectivity index (χ1n) is 10.4. The lowest BCUT2D eigenvalue weighted by molar-refractivity contribution is -0.0504. The van der Waals surface area contributed by atoms with Crippen LogP contribution in [0.4, 0.5) is 8.78 Å². The minimum absolute atomic E-state index is 0.107. The number of nitrogens with zero attached hydrogens (tertiary/aromatic N) is 1. The number of ether oxygens (including phenoxy) is 1. The number of halogens is 2. The van der Waals surface area contributed by atoms with E-state index in [2.05, 4.69) is 25.7 Å². The number of carbonyl (C=O) groups is 1. The van der Waals surface area contributed by atoms with Crippen molar-refractivity contribution in [2.75, 3.05) is 6.54 Å². The van der Waals surface area contributed by atoms with Gasteiger partial charge in [-0.3, -0.25) is 4.79 Å². The smallest absolute Gasteiger partial charge is 0.387 e. The van der Waals surface area contributed by atoms with Crippen LogP contribution in [0.15, 0.2) is 53.5 Å². The van der Waals surface area contributed by atoms with E-state index in [9.17, 15) is 13.6 Å². The topological polar surface area (TPSA) is 74.8 Å². The van der Waals surface area contributed by atoms with Crippen LogP contribution in [0, 0.1) is 0 Å². The van der Waals surface area contributed by atoms with E-state index in [4.69, 9.17) is 0 Å². The second kappa shape index (κ2) is 12.5. The van der Waals surface area contributed by atoms with Crippen LogP contribution >= 0.6 is 0 Å². The summed E-state index contributed by atoms with van der Waals surface area (Å²) in [7, 11) is 0. The van der Waals surface area contributed by atoms with Gasteiger partial charge in [-0.2, -0.15) is 8.78 Å². The van der Waals surface area contributed by atoms with Crippen LogP contribution in [0.5, 0.6) is 5.75 Å². The minimum Gasteiger partial charge on any atom is -0.434 e. The maximum atomic E-state index is 12.6. The third-order valence-corrected chi connectivity index (χ3v) is 4.58. The average Bonchev–Trinajstić information content (AvgIpc) is 2.76. The monoisotopic (exact) mass is 432 g/mol. The van der Waals surface area contributed by atoms with Gasteiger partial charge in [-0.05, 0) is 44.0 Å². The van der Waals surface area contributed by atoms with Gasteiger partial charge >= 0.3 is 6.61 Å². The molecule has 1 amide bonds. The molecule has 31 heavy (non-hydrogen) atoms. The maximum absolute atomic E-state index is 12.6. The van der Waals surface area contributed by atoms with E-state index in [0.29, 0.717) is 30.2 Å². The summed E-state index contributed by atoms with van der Waals surface area (Å²) in [6.07, 6.45) is 0.860. The summed E-state index contributed by atoms with van der Waals surface area (Å²) in [5.41, 5.74) is 2.07. The average molecular weight is 433 g/mol. The summed E-state index contributed by atoms with van der Waals surface area (Å²) >= 11 is 0. The summed E-state index contributed by atoms with van der Waals surface area (Å²) in [6.45, 7) is 4.30. The molecule has 3 N–H and O–H groups in total. The zero-order valence-electron chi connectivity index (χ0n) is 18.1. The van der Waals surface area contributed by atoms with Crippen LogP contribution in [-0.4, -0.2) is 31.1 Å². The molecule has 0 aromatic heterocycles. The molecule has 0 spiro atoms. The Morgan fingerprint density at radius 3 is 2.58 bits per heavy atom. The largest absolute Gasteiger partial charge is 0.434 e. The second-order valence-electron chi connectivity index (χ2n) is 7.02. The van der Waals surface area contributed by atoms with E-state index in [1.54, 1.807) is 24.3 Å². The number of para-hydroxylation sites is 1. The first-order chi connectivity index (χ1) is 14.9. The van der Waals surface area contributed by atoms with Crippen LogP contribution < -0.4 is 20.7 Å². The van der Waals surface area contributed by atoms with Crippen LogP contribution in [0.3, 0.4) is 0 Å². The van der Waals surface area contributed by atoms with E-state index in [1.165, 1.54) is 6.07 Å². The Balaban J connectivity index is 2.05. The van der Waals surface area contributed by atoms with Crippen LogP contribution in [-0.2, 0) is 13.1 Å². The number of amides is 1. The van der Waals surface area contributed by atoms with E-state index in [-0.39, 0.29) is 24.2 Å². The van der Waals surface area contributed by atoms with Gasteiger partial charge in [0, 0.05) is 30.3 Å².